The van der Waals surface area contributed by atoms with E-state index in [-0.39, 0.29) is 11.1 Å². The SMILES string of the molecule is Cc1ccc(-c2nc(-c3ccccc3)[nH]c2-c2cc[nH]c(=O)c2)cc1C(=O)O. The molecule has 3 N–H and O–H groups in total. The number of benzene rings is 2. The molecule has 0 aliphatic heterocycles. The molecule has 0 fully saturated rings. The molecule has 6 nitrogen and oxygen atoms in total. The summed E-state index contributed by atoms with van der Waals surface area (Å²) in [6.07, 6.45) is 1.57. The molecule has 0 aliphatic rings. The zero-order valence-corrected chi connectivity index (χ0v) is 15.1. The summed E-state index contributed by atoms with van der Waals surface area (Å²) in [7, 11) is 0. The van der Waals surface area contributed by atoms with Crippen LogP contribution < -0.4 is 5.56 Å². The third-order valence-electron chi connectivity index (χ3n) is 4.56. The number of imidazole rings is 1. The molecule has 0 aliphatic carbocycles. The van der Waals surface area contributed by atoms with Gasteiger partial charge in [0, 0.05) is 29.0 Å². The number of aromatic carboxylic acids is 1. The third-order valence-corrected chi connectivity index (χ3v) is 4.56. The van der Waals surface area contributed by atoms with Gasteiger partial charge in [0.25, 0.3) is 0 Å². The van der Waals surface area contributed by atoms with Crippen molar-refractivity contribution in [3.8, 4) is 33.9 Å². The Bertz CT molecular complexity index is 1220. The summed E-state index contributed by atoms with van der Waals surface area (Å²) in [5, 5.41) is 9.47. The number of carboxylic acid groups (broad SMARTS) is 1. The smallest absolute Gasteiger partial charge is 0.335 e. The minimum atomic E-state index is -0.990. The van der Waals surface area contributed by atoms with Crippen molar-refractivity contribution in [1.29, 1.82) is 0 Å². The lowest BCUT2D eigenvalue weighted by Gasteiger charge is -2.06. The Labute approximate surface area is 160 Å². The molecule has 0 bridgehead atoms. The average Bonchev–Trinajstić information content (AvgIpc) is 3.14. The van der Waals surface area contributed by atoms with Crippen LogP contribution in [0.25, 0.3) is 33.9 Å². The summed E-state index contributed by atoms with van der Waals surface area (Å²) in [6, 6.07) is 18.1. The maximum Gasteiger partial charge on any atom is 0.335 e. The second-order valence-electron chi connectivity index (χ2n) is 6.45. The molecule has 2 aromatic heterocycles. The number of H-pyrrole nitrogens is 2. The van der Waals surface area contributed by atoms with Crippen LogP contribution in [0.1, 0.15) is 15.9 Å². The van der Waals surface area contributed by atoms with Crippen molar-refractivity contribution < 1.29 is 9.90 Å². The van der Waals surface area contributed by atoms with Crippen LogP contribution in [0.3, 0.4) is 0 Å². The first-order valence-electron chi connectivity index (χ1n) is 8.72. The van der Waals surface area contributed by atoms with Gasteiger partial charge in [-0.15, -0.1) is 0 Å². The predicted molar refractivity (Wildman–Crippen MR) is 107 cm³/mol. The largest absolute Gasteiger partial charge is 0.478 e. The zero-order chi connectivity index (χ0) is 19.7. The molecule has 4 aromatic rings. The number of carboxylic acids is 1. The number of nitrogens with one attached hydrogen (secondary N) is 2. The number of nitrogens with zero attached hydrogens (tertiary/aromatic N) is 1. The van der Waals surface area contributed by atoms with Crippen LogP contribution >= 0.6 is 0 Å². The van der Waals surface area contributed by atoms with Crippen LogP contribution in [-0.2, 0) is 0 Å². The molecule has 0 atom stereocenters. The molecule has 0 saturated carbocycles. The van der Waals surface area contributed by atoms with Crippen LogP contribution in [0.5, 0.6) is 0 Å². The molecule has 0 spiro atoms. The van der Waals surface area contributed by atoms with E-state index in [9.17, 15) is 14.7 Å². The summed E-state index contributed by atoms with van der Waals surface area (Å²) in [6.45, 7) is 1.75. The molecular weight excluding hydrogens is 354 g/mol. The van der Waals surface area contributed by atoms with Crippen molar-refractivity contribution in [2.24, 2.45) is 0 Å². The Morgan fingerprint density at radius 3 is 2.46 bits per heavy atom. The topological polar surface area (TPSA) is 98.8 Å². The molecular formula is C22H17N3O3. The van der Waals surface area contributed by atoms with Crippen LogP contribution in [0.2, 0.25) is 0 Å². The number of pyridine rings is 1. The lowest BCUT2D eigenvalue weighted by molar-refractivity contribution is 0.0696. The molecule has 0 saturated heterocycles. The van der Waals surface area contributed by atoms with E-state index in [1.165, 1.54) is 6.07 Å². The summed E-state index contributed by atoms with van der Waals surface area (Å²) in [4.78, 5) is 34.0. The van der Waals surface area contributed by atoms with Gasteiger partial charge in [0.2, 0.25) is 5.56 Å². The number of carbonyl (C=O) groups is 1. The maximum atomic E-state index is 11.8. The molecule has 138 valence electrons. The Kier molecular flexibility index (Phi) is 4.37. The van der Waals surface area contributed by atoms with E-state index in [1.54, 1.807) is 31.3 Å². The first-order valence-corrected chi connectivity index (χ1v) is 8.72. The molecule has 4 rings (SSSR count). The lowest BCUT2D eigenvalue weighted by atomic mass is 10.0. The highest BCUT2D eigenvalue weighted by atomic mass is 16.4. The van der Waals surface area contributed by atoms with Gasteiger partial charge in [-0.3, -0.25) is 4.79 Å². The standard InChI is InChI=1S/C22H17N3O3/c1-13-7-8-15(11-17(13)22(27)28)19-20(16-9-10-23-18(26)12-16)25-21(24-19)14-5-3-2-4-6-14/h2-12H,1H3,(H,23,26)(H,24,25)(H,27,28). The van der Waals surface area contributed by atoms with Crippen molar-refractivity contribution in [3.05, 3.63) is 88.3 Å². The van der Waals surface area contributed by atoms with Crippen molar-refractivity contribution in [2.75, 3.05) is 0 Å². The lowest BCUT2D eigenvalue weighted by Crippen LogP contribution is -2.03. The molecule has 0 radical (unpaired) electrons. The maximum absolute atomic E-state index is 11.8. The van der Waals surface area contributed by atoms with E-state index in [0.717, 1.165) is 5.56 Å². The fourth-order valence-electron chi connectivity index (χ4n) is 3.12. The normalized spacial score (nSPS) is 10.8. The summed E-state index contributed by atoms with van der Waals surface area (Å²) < 4.78 is 0. The first-order chi connectivity index (χ1) is 13.5. The fourth-order valence-corrected chi connectivity index (χ4v) is 3.12. The van der Waals surface area contributed by atoms with Crippen molar-refractivity contribution in [1.82, 2.24) is 15.0 Å². The Morgan fingerprint density at radius 2 is 1.75 bits per heavy atom. The zero-order valence-electron chi connectivity index (χ0n) is 15.1. The van der Waals surface area contributed by atoms with Gasteiger partial charge >= 0.3 is 5.97 Å². The van der Waals surface area contributed by atoms with Crippen LogP contribution in [-0.4, -0.2) is 26.0 Å². The monoisotopic (exact) mass is 371 g/mol. The second kappa shape index (κ2) is 7.00. The first kappa shape index (κ1) is 17.5. The highest BCUT2D eigenvalue weighted by Gasteiger charge is 2.17. The van der Waals surface area contributed by atoms with E-state index in [1.807, 2.05) is 36.4 Å². The highest BCUT2D eigenvalue weighted by molar-refractivity contribution is 5.92. The number of hydrogen-bond acceptors (Lipinski definition) is 3. The number of rotatable bonds is 4. The van der Waals surface area contributed by atoms with Crippen LogP contribution in [0.15, 0.2) is 71.7 Å². The van der Waals surface area contributed by atoms with E-state index in [0.29, 0.717) is 33.9 Å². The summed E-state index contributed by atoms with van der Waals surface area (Å²) in [5.74, 6) is -0.348. The predicted octanol–water partition coefficient (Wildman–Crippen LogP) is 4.11. The highest BCUT2D eigenvalue weighted by Crippen LogP contribution is 2.33. The van der Waals surface area contributed by atoms with E-state index < -0.39 is 5.97 Å². The van der Waals surface area contributed by atoms with Crippen molar-refractivity contribution >= 4 is 5.97 Å². The Hall–Kier alpha value is -3.93. The Balaban J connectivity index is 1.95. The minimum absolute atomic E-state index is 0.221. The van der Waals surface area contributed by atoms with Gasteiger partial charge in [0.15, 0.2) is 0 Å². The number of aryl methyl sites for hydroxylation is 1. The van der Waals surface area contributed by atoms with E-state index in [4.69, 9.17) is 4.98 Å². The van der Waals surface area contributed by atoms with Crippen LogP contribution in [0, 0.1) is 6.92 Å². The number of aromatic amines is 2. The third kappa shape index (κ3) is 3.23. The van der Waals surface area contributed by atoms with Gasteiger partial charge in [-0.05, 0) is 24.6 Å². The quantitative estimate of drug-likeness (QED) is 0.503. The van der Waals surface area contributed by atoms with Gasteiger partial charge in [0.05, 0.1) is 17.0 Å². The van der Waals surface area contributed by atoms with Gasteiger partial charge in [-0.2, -0.15) is 0 Å². The van der Waals surface area contributed by atoms with Crippen molar-refractivity contribution in [2.45, 2.75) is 6.92 Å². The van der Waals surface area contributed by atoms with Crippen LogP contribution in [0.4, 0.5) is 0 Å². The van der Waals surface area contributed by atoms with Crippen molar-refractivity contribution in [3.63, 3.8) is 0 Å². The van der Waals surface area contributed by atoms with E-state index >= 15 is 0 Å². The van der Waals surface area contributed by atoms with Gasteiger partial charge in [-0.1, -0.05) is 42.5 Å². The molecule has 0 unspecified atom stereocenters. The molecule has 0 amide bonds. The summed E-state index contributed by atoms with van der Waals surface area (Å²) >= 11 is 0. The number of hydrogen-bond donors (Lipinski definition) is 3. The Morgan fingerprint density at radius 1 is 0.964 bits per heavy atom. The molecule has 2 heterocycles. The summed E-state index contributed by atoms with van der Waals surface area (Å²) in [5.41, 5.74) is 4.14. The second-order valence-corrected chi connectivity index (χ2v) is 6.45. The molecule has 6 heteroatoms. The molecule has 28 heavy (non-hydrogen) atoms. The van der Waals surface area contributed by atoms with Gasteiger partial charge in [0.1, 0.15) is 5.82 Å². The fraction of sp³-hybridized carbons (Fsp3) is 0.0455. The molecule has 2 aromatic carbocycles. The van der Waals surface area contributed by atoms with Gasteiger partial charge < -0.3 is 15.1 Å². The minimum Gasteiger partial charge on any atom is -0.478 e. The average molecular weight is 371 g/mol. The van der Waals surface area contributed by atoms with Gasteiger partial charge in [-0.25, -0.2) is 9.78 Å². The number of aromatic nitrogens is 3. The van der Waals surface area contributed by atoms with E-state index in [2.05, 4.69) is 9.97 Å².